The minimum Gasteiger partial charge on any atom is -0.467 e. The number of aliphatic hydroxyl groups is 1. The standard InChI is InChI=1S/C13H23N5O2/c1-4-7-14-10-15-11(17-12(16-10)20-3)18-8-5-6-13(2,19)9-18/h19H,4-9H2,1-3H3,(H,14,15,16,17). The first kappa shape index (κ1) is 14.8. The van der Waals surface area contributed by atoms with Crippen LogP contribution in [0.3, 0.4) is 0 Å². The molecule has 0 amide bonds. The van der Waals surface area contributed by atoms with E-state index in [-0.39, 0.29) is 0 Å². The van der Waals surface area contributed by atoms with Crippen LogP contribution >= 0.6 is 0 Å². The fourth-order valence-corrected chi connectivity index (χ4v) is 2.29. The molecule has 0 aliphatic carbocycles. The molecule has 2 rings (SSSR count). The molecule has 1 unspecified atom stereocenters. The van der Waals surface area contributed by atoms with Gasteiger partial charge in [0, 0.05) is 19.6 Å². The highest BCUT2D eigenvalue weighted by Gasteiger charge is 2.30. The molecule has 1 atom stereocenters. The molecule has 0 aromatic carbocycles. The van der Waals surface area contributed by atoms with Gasteiger partial charge in [-0.2, -0.15) is 15.0 Å². The Morgan fingerprint density at radius 2 is 2.20 bits per heavy atom. The first-order valence-electron chi connectivity index (χ1n) is 7.05. The zero-order valence-electron chi connectivity index (χ0n) is 12.4. The van der Waals surface area contributed by atoms with E-state index < -0.39 is 5.60 Å². The summed E-state index contributed by atoms with van der Waals surface area (Å²) in [4.78, 5) is 14.8. The Morgan fingerprint density at radius 3 is 2.85 bits per heavy atom. The van der Waals surface area contributed by atoms with Crippen LogP contribution in [0.2, 0.25) is 0 Å². The average molecular weight is 281 g/mol. The summed E-state index contributed by atoms with van der Waals surface area (Å²) in [7, 11) is 1.54. The van der Waals surface area contributed by atoms with Crippen molar-refractivity contribution in [3.05, 3.63) is 0 Å². The van der Waals surface area contributed by atoms with Gasteiger partial charge in [-0.3, -0.25) is 0 Å². The maximum absolute atomic E-state index is 10.2. The number of nitrogens with zero attached hydrogens (tertiary/aromatic N) is 4. The van der Waals surface area contributed by atoms with Gasteiger partial charge in [-0.25, -0.2) is 0 Å². The lowest BCUT2D eigenvalue weighted by Crippen LogP contribution is -2.46. The highest BCUT2D eigenvalue weighted by molar-refractivity contribution is 5.39. The van der Waals surface area contributed by atoms with E-state index in [1.807, 2.05) is 11.8 Å². The number of ether oxygens (including phenoxy) is 1. The smallest absolute Gasteiger partial charge is 0.322 e. The molecule has 0 radical (unpaired) electrons. The SMILES string of the molecule is CCCNc1nc(OC)nc(N2CCCC(C)(O)C2)n1. The first-order chi connectivity index (χ1) is 9.54. The molecule has 7 heteroatoms. The van der Waals surface area contributed by atoms with Gasteiger partial charge >= 0.3 is 6.01 Å². The summed E-state index contributed by atoms with van der Waals surface area (Å²) in [6.07, 6.45) is 2.70. The van der Waals surface area contributed by atoms with Crippen LogP contribution in [0.15, 0.2) is 0 Å². The maximum Gasteiger partial charge on any atom is 0.322 e. The highest BCUT2D eigenvalue weighted by atomic mass is 16.5. The van der Waals surface area contributed by atoms with Crippen molar-refractivity contribution in [2.45, 2.75) is 38.7 Å². The molecule has 0 saturated carbocycles. The van der Waals surface area contributed by atoms with E-state index in [1.54, 1.807) is 0 Å². The van der Waals surface area contributed by atoms with Gasteiger partial charge in [0.25, 0.3) is 0 Å². The van der Waals surface area contributed by atoms with Crippen molar-refractivity contribution in [2.75, 3.05) is 37.0 Å². The number of piperidine rings is 1. The number of rotatable bonds is 5. The fraction of sp³-hybridized carbons (Fsp3) is 0.769. The van der Waals surface area contributed by atoms with Crippen LogP contribution in [0.4, 0.5) is 11.9 Å². The Hall–Kier alpha value is -1.63. The van der Waals surface area contributed by atoms with Crippen molar-refractivity contribution in [3.8, 4) is 6.01 Å². The quantitative estimate of drug-likeness (QED) is 0.834. The number of hydrogen-bond acceptors (Lipinski definition) is 7. The topological polar surface area (TPSA) is 83.4 Å². The number of β-amino-alcohol motifs (C(OH)–C–C–N with tert-alkyl or cyclic N) is 1. The average Bonchev–Trinajstić information content (AvgIpc) is 2.43. The molecule has 7 nitrogen and oxygen atoms in total. The molecular formula is C13H23N5O2. The molecule has 2 heterocycles. The Morgan fingerprint density at radius 1 is 1.40 bits per heavy atom. The van der Waals surface area contributed by atoms with E-state index in [0.29, 0.717) is 24.5 Å². The number of anilines is 2. The lowest BCUT2D eigenvalue weighted by molar-refractivity contribution is 0.0444. The van der Waals surface area contributed by atoms with Crippen molar-refractivity contribution >= 4 is 11.9 Å². The van der Waals surface area contributed by atoms with E-state index in [1.165, 1.54) is 7.11 Å². The van der Waals surface area contributed by atoms with Gasteiger partial charge in [0.15, 0.2) is 0 Å². The van der Waals surface area contributed by atoms with Crippen LogP contribution in [0, 0.1) is 0 Å². The predicted molar refractivity (Wildman–Crippen MR) is 77.2 cm³/mol. The van der Waals surface area contributed by atoms with Crippen LogP contribution in [0.25, 0.3) is 0 Å². The Balaban J connectivity index is 2.21. The van der Waals surface area contributed by atoms with Crippen molar-refractivity contribution in [3.63, 3.8) is 0 Å². The molecule has 112 valence electrons. The second kappa shape index (κ2) is 6.21. The number of nitrogens with one attached hydrogen (secondary N) is 1. The third-order valence-corrected chi connectivity index (χ3v) is 3.28. The summed E-state index contributed by atoms with van der Waals surface area (Å²) in [5.41, 5.74) is -0.699. The molecule has 1 aliphatic heterocycles. The molecule has 1 fully saturated rings. The molecular weight excluding hydrogens is 258 g/mol. The van der Waals surface area contributed by atoms with E-state index in [2.05, 4.69) is 27.2 Å². The normalized spacial score (nSPS) is 22.7. The largest absolute Gasteiger partial charge is 0.467 e. The Kier molecular flexibility index (Phi) is 4.59. The van der Waals surface area contributed by atoms with E-state index >= 15 is 0 Å². The summed E-state index contributed by atoms with van der Waals surface area (Å²) >= 11 is 0. The second-order valence-corrected chi connectivity index (χ2v) is 5.39. The minimum atomic E-state index is -0.699. The van der Waals surface area contributed by atoms with Gasteiger partial charge in [-0.1, -0.05) is 6.92 Å². The van der Waals surface area contributed by atoms with Gasteiger partial charge in [0.1, 0.15) is 0 Å². The van der Waals surface area contributed by atoms with Gasteiger partial charge < -0.3 is 20.1 Å². The molecule has 20 heavy (non-hydrogen) atoms. The Labute approximate surface area is 119 Å². The van der Waals surface area contributed by atoms with Crippen molar-refractivity contribution in [2.24, 2.45) is 0 Å². The molecule has 2 N–H and O–H groups in total. The van der Waals surface area contributed by atoms with Crippen molar-refractivity contribution < 1.29 is 9.84 Å². The summed E-state index contributed by atoms with van der Waals surface area (Å²) < 4.78 is 5.13. The fourth-order valence-electron chi connectivity index (χ4n) is 2.29. The van der Waals surface area contributed by atoms with E-state index in [9.17, 15) is 5.11 Å². The lowest BCUT2D eigenvalue weighted by atomic mass is 9.95. The number of aromatic nitrogens is 3. The first-order valence-corrected chi connectivity index (χ1v) is 7.05. The van der Waals surface area contributed by atoms with E-state index in [0.717, 1.165) is 32.4 Å². The zero-order valence-corrected chi connectivity index (χ0v) is 12.4. The van der Waals surface area contributed by atoms with Crippen molar-refractivity contribution in [1.29, 1.82) is 0 Å². The highest BCUT2D eigenvalue weighted by Crippen LogP contribution is 2.24. The van der Waals surface area contributed by atoms with Crippen molar-refractivity contribution in [1.82, 2.24) is 15.0 Å². The van der Waals surface area contributed by atoms with Gasteiger partial charge in [0.2, 0.25) is 11.9 Å². The van der Waals surface area contributed by atoms with Gasteiger partial charge in [-0.15, -0.1) is 0 Å². The molecule has 1 saturated heterocycles. The molecule has 1 aromatic rings. The van der Waals surface area contributed by atoms with Crippen LogP contribution in [0.5, 0.6) is 6.01 Å². The van der Waals surface area contributed by atoms with Gasteiger partial charge in [0.05, 0.1) is 12.7 Å². The van der Waals surface area contributed by atoms with Crippen LogP contribution in [0.1, 0.15) is 33.1 Å². The monoisotopic (exact) mass is 281 g/mol. The lowest BCUT2D eigenvalue weighted by Gasteiger charge is -2.36. The van der Waals surface area contributed by atoms with Gasteiger partial charge in [-0.05, 0) is 26.2 Å². The molecule has 0 bridgehead atoms. The summed E-state index contributed by atoms with van der Waals surface area (Å²) in [5, 5.41) is 13.3. The summed E-state index contributed by atoms with van der Waals surface area (Å²) in [5.74, 6) is 1.06. The second-order valence-electron chi connectivity index (χ2n) is 5.39. The minimum absolute atomic E-state index is 0.291. The van der Waals surface area contributed by atoms with Crippen LogP contribution in [-0.2, 0) is 0 Å². The van der Waals surface area contributed by atoms with Crippen LogP contribution in [-0.4, -0.2) is 52.4 Å². The number of methoxy groups -OCH3 is 1. The maximum atomic E-state index is 10.2. The number of hydrogen-bond donors (Lipinski definition) is 2. The molecule has 1 aromatic heterocycles. The zero-order chi connectivity index (χ0) is 14.6. The molecule has 1 aliphatic rings. The Bertz CT molecular complexity index is 452. The third kappa shape index (κ3) is 3.69. The summed E-state index contributed by atoms with van der Waals surface area (Å²) in [6, 6.07) is 0.291. The van der Waals surface area contributed by atoms with E-state index in [4.69, 9.17) is 4.74 Å². The molecule has 0 spiro atoms. The van der Waals surface area contributed by atoms with Crippen LogP contribution < -0.4 is 15.0 Å². The third-order valence-electron chi connectivity index (χ3n) is 3.28. The summed E-state index contributed by atoms with van der Waals surface area (Å²) in [6.45, 7) is 6.07. The predicted octanol–water partition coefficient (Wildman–Crippen LogP) is 1.05.